The van der Waals surface area contributed by atoms with Crippen LogP contribution in [0.4, 0.5) is 5.69 Å². The van der Waals surface area contributed by atoms with E-state index >= 15 is 0 Å². The monoisotopic (exact) mass is 345 g/mol. The Morgan fingerprint density at radius 1 is 1.22 bits per heavy atom. The van der Waals surface area contributed by atoms with Crippen LogP contribution < -0.4 is 10.1 Å². The van der Waals surface area contributed by atoms with Crippen LogP contribution in [0.25, 0.3) is 10.1 Å². The third kappa shape index (κ3) is 2.67. The van der Waals surface area contributed by atoms with Crippen molar-refractivity contribution in [2.75, 3.05) is 12.1 Å². The third-order valence-corrected chi connectivity index (χ3v) is 5.30. The molecule has 1 aliphatic rings. The van der Waals surface area contributed by atoms with Gasteiger partial charge in [-0.1, -0.05) is 35.9 Å². The average molecular weight is 346 g/mol. The number of halogens is 1. The van der Waals surface area contributed by atoms with Gasteiger partial charge in [0.05, 0.1) is 11.6 Å². The standard InChI is InChI=1S/C17H12ClNO3S/c18-15-12-3-1-2-4-14(12)23-16(15)17(20)19-11-6-5-10-8-21-9-22-13(10)7-11/h1-7H,8-9H2,(H,19,20). The van der Waals surface area contributed by atoms with Gasteiger partial charge < -0.3 is 14.8 Å². The zero-order chi connectivity index (χ0) is 15.8. The maximum Gasteiger partial charge on any atom is 0.267 e. The first-order chi connectivity index (χ1) is 11.2. The van der Waals surface area contributed by atoms with Crippen LogP contribution in [-0.4, -0.2) is 12.7 Å². The summed E-state index contributed by atoms with van der Waals surface area (Å²) in [7, 11) is 0. The molecule has 0 radical (unpaired) electrons. The summed E-state index contributed by atoms with van der Waals surface area (Å²) >= 11 is 7.73. The van der Waals surface area contributed by atoms with Crippen LogP contribution in [0.1, 0.15) is 15.2 Å². The minimum Gasteiger partial charge on any atom is -0.467 e. The summed E-state index contributed by atoms with van der Waals surface area (Å²) in [6.45, 7) is 0.748. The fourth-order valence-electron chi connectivity index (χ4n) is 2.49. The van der Waals surface area contributed by atoms with Crippen LogP contribution in [-0.2, 0) is 11.3 Å². The minimum absolute atomic E-state index is 0.219. The Hall–Kier alpha value is -2.08. The summed E-state index contributed by atoms with van der Waals surface area (Å²) in [5, 5.41) is 4.27. The van der Waals surface area contributed by atoms with E-state index in [2.05, 4.69) is 5.32 Å². The second kappa shape index (κ2) is 5.85. The number of hydrogen-bond donors (Lipinski definition) is 1. The fourth-order valence-corrected chi connectivity index (χ4v) is 3.90. The number of rotatable bonds is 2. The van der Waals surface area contributed by atoms with Gasteiger partial charge in [0, 0.05) is 27.4 Å². The van der Waals surface area contributed by atoms with E-state index in [4.69, 9.17) is 21.1 Å². The second-order valence-electron chi connectivity index (χ2n) is 5.13. The largest absolute Gasteiger partial charge is 0.467 e. The molecule has 0 spiro atoms. The number of thiophene rings is 1. The molecule has 2 heterocycles. The number of benzene rings is 2. The predicted molar refractivity (Wildman–Crippen MR) is 91.5 cm³/mol. The van der Waals surface area contributed by atoms with Crippen molar-refractivity contribution in [3.63, 3.8) is 0 Å². The van der Waals surface area contributed by atoms with Crippen molar-refractivity contribution in [3.8, 4) is 5.75 Å². The molecule has 3 aromatic rings. The van der Waals surface area contributed by atoms with Crippen LogP contribution in [0, 0.1) is 0 Å². The van der Waals surface area contributed by atoms with Crippen molar-refractivity contribution < 1.29 is 14.3 Å². The van der Waals surface area contributed by atoms with Gasteiger partial charge in [-0.3, -0.25) is 4.79 Å². The third-order valence-electron chi connectivity index (χ3n) is 3.62. The van der Waals surface area contributed by atoms with Gasteiger partial charge in [0.25, 0.3) is 5.91 Å². The molecule has 1 amide bonds. The van der Waals surface area contributed by atoms with Crippen LogP contribution >= 0.6 is 22.9 Å². The molecule has 1 aliphatic heterocycles. The van der Waals surface area contributed by atoms with E-state index in [0.717, 1.165) is 21.4 Å². The second-order valence-corrected chi connectivity index (χ2v) is 6.56. The number of amides is 1. The molecule has 0 atom stereocenters. The van der Waals surface area contributed by atoms with E-state index in [-0.39, 0.29) is 12.7 Å². The SMILES string of the molecule is O=C(Nc1ccc2c(c1)OCOC2)c1sc2ccccc2c1Cl. The molecule has 4 nitrogen and oxygen atoms in total. The summed E-state index contributed by atoms with van der Waals surface area (Å²) in [5.74, 6) is 0.514. The van der Waals surface area contributed by atoms with Crippen molar-refractivity contribution >= 4 is 44.6 Å². The van der Waals surface area contributed by atoms with Crippen molar-refractivity contribution in [2.45, 2.75) is 6.61 Å². The molecule has 6 heteroatoms. The molecule has 0 saturated heterocycles. The molecule has 1 N–H and O–H groups in total. The van der Waals surface area contributed by atoms with Gasteiger partial charge in [-0.2, -0.15) is 0 Å². The molecule has 23 heavy (non-hydrogen) atoms. The maximum absolute atomic E-state index is 12.5. The van der Waals surface area contributed by atoms with E-state index in [0.29, 0.717) is 22.2 Å². The van der Waals surface area contributed by atoms with Gasteiger partial charge in [0.15, 0.2) is 6.79 Å². The van der Waals surface area contributed by atoms with Crippen molar-refractivity contribution in [1.29, 1.82) is 0 Å². The Kier molecular flexibility index (Phi) is 3.69. The molecular weight excluding hydrogens is 334 g/mol. The molecule has 0 aliphatic carbocycles. The van der Waals surface area contributed by atoms with Gasteiger partial charge in [-0.25, -0.2) is 0 Å². The molecule has 2 aromatic carbocycles. The van der Waals surface area contributed by atoms with Crippen LogP contribution in [0.15, 0.2) is 42.5 Å². The van der Waals surface area contributed by atoms with E-state index in [1.165, 1.54) is 11.3 Å². The molecule has 0 unspecified atom stereocenters. The van der Waals surface area contributed by atoms with E-state index < -0.39 is 0 Å². The van der Waals surface area contributed by atoms with E-state index in [1.54, 1.807) is 6.07 Å². The molecule has 116 valence electrons. The van der Waals surface area contributed by atoms with E-state index in [1.807, 2.05) is 36.4 Å². The molecular formula is C17H12ClNO3S. The predicted octanol–water partition coefficient (Wildman–Crippen LogP) is 4.67. The van der Waals surface area contributed by atoms with Crippen LogP contribution in [0.3, 0.4) is 0 Å². The number of ether oxygens (including phenoxy) is 2. The Balaban J connectivity index is 1.63. The zero-order valence-electron chi connectivity index (χ0n) is 12.0. The van der Waals surface area contributed by atoms with Gasteiger partial charge in [-0.15, -0.1) is 11.3 Å². The summed E-state index contributed by atoms with van der Waals surface area (Å²) in [4.78, 5) is 13.0. The van der Waals surface area contributed by atoms with Crippen molar-refractivity contribution in [2.24, 2.45) is 0 Å². The smallest absolute Gasteiger partial charge is 0.267 e. The number of carbonyl (C=O) groups is 1. The number of fused-ring (bicyclic) bond motifs is 2. The molecule has 4 rings (SSSR count). The minimum atomic E-state index is -0.219. The highest BCUT2D eigenvalue weighted by molar-refractivity contribution is 7.21. The normalized spacial score (nSPS) is 13.4. The first-order valence-corrected chi connectivity index (χ1v) is 8.23. The molecule has 0 saturated carbocycles. The molecule has 1 aromatic heterocycles. The summed E-state index contributed by atoms with van der Waals surface area (Å²) in [5.41, 5.74) is 1.64. The highest BCUT2D eigenvalue weighted by atomic mass is 35.5. The van der Waals surface area contributed by atoms with Crippen molar-refractivity contribution in [1.82, 2.24) is 0 Å². The van der Waals surface area contributed by atoms with Crippen LogP contribution in [0.5, 0.6) is 5.75 Å². The lowest BCUT2D eigenvalue weighted by molar-refractivity contribution is -0.0163. The molecule has 0 bridgehead atoms. The zero-order valence-corrected chi connectivity index (χ0v) is 13.5. The quantitative estimate of drug-likeness (QED) is 0.734. The fraction of sp³-hybridized carbons (Fsp3) is 0.118. The molecule has 0 fully saturated rings. The number of carbonyl (C=O) groups excluding carboxylic acids is 1. The van der Waals surface area contributed by atoms with Gasteiger partial charge in [-0.05, 0) is 12.1 Å². The maximum atomic E-state index is 12.5. The number of hydrogen-bond acceptors (Lipinski definition) is 4. The van der Waals surface area contributed by atoms with Crippen LogP contribution in [0.2, 0.25) is 5.02 Å². The first-order valence-electron chi connectivity index (χ1n) is 7.04. The Bertz CT molecular complexity index is 906. The number of anilines is 1. The number of nitrogens with one attached hydrogen (secondary N) is 1. The highest BCUT2D eigenvalue weighted by Gasteiger charge is 2.18. The Morgan fingerprint density at radius 3 is 2.96 bits per heavy atom. The van der Waals surface area contributed by atoms with E-state index in [9.17, 15) is 4.79 Å². The van der Waals surface area contributed by atoms with Gasteiger partial charge in [0.2, 0.25) is 0 Å². The van der Waals surface area contributed by atoms with Gasteiger partial charge >= 0.3 is 0 Å². The van der Waals surface area contributed by atoms with Gasteiger partial charge in [0.1, 0.15) is 10.6 Å². The lowest BCUT2D eigenvalue weighted by Crippen LogP contribution is -2.14. The topological polar surface area (TPSA) is 47.6 Å². The highest BCUT2D eigenvalue weighted by Crippen LogP contribution is 2.36. The summed E-state index contributed by atoms with van der Waals surface area (Å²) in [6.07, 6.45) is 0. The lowest BCUT2D eigenvalue weighted by atomic mass is 10.2. The average Bonchev–Trinajstić information content (AvgIpc) is 2.92. The van der Waals surface area contributed by atoms with Crippen molar-refractivity contribution in [3.05, 3.63) is 57.9 Å². The summed E-state index contributed by atoms with van der Waals surface area (Å²) in [6, 6.07) is 13.2. The Labute approximate surface area is 141 Å². The summed E-state index contributed by atoms with van der Waals surface area (Å²) < 4.78 is 11.6. The Morgan fingerprint density at radius 2 is 2.09 bits per heavy atom. The lowest BCUT2D eigenvalue weighted by Gasteiger charge is -2.18. The first kappa shape index (κ1) is 14.5.